The monoisotopic (exact) mass is 615 g/mol. The molecule has 48 heavy (non-hydrogen) atoms. The highest BCUT2D eigenvalue weighted by Crippen LogP contribution is 2.43. The highest BCUT2D eigenvalue weighted by Gasteiger charge is 2.22. The van der Waals surface area contributed by atoms with Crippen molar-refractivity contribution in [3.8, 4) is 45.3 Å². The third-order valence-electron chi connectivity index (χ3n) is 9.13. The lowest BCUT2D eigenvalue weighted by molar-refractivity contribution is 0.668. The van der Waals surface area contributed by atoms with Gasteiger partial charge < -0.3 is 8.83 Å². The first-order valence-electron chi connectivity index (χ1n) is 15.9. The maximum atomic E-state index is 6.40. The molecule has 0 saturated carbocycles. The van der Waals surface area contributed by atoms with E-state index in [4.69, 9.17) is 23.8 Å². The summed E-state index contributed by atoms with van der Waals surface area (Å²) in [4.78, 5) is 15.5. The molecule has 0 saturated heterocycles. The minimum atomic E-state index is 0.565. The Bertz CT molecular complexity index is 2850. The first-order valence-corrected chi connectivity index (χ1v) is 15.9. The van der Waals surface area contributed by atoms with Crippen LogP contribution in [0.1, 0.15) is 0 Å². The minimum absolute atomic E-state index is 0.565. The summed E-state index contributed by atoms with van der Waals surface area (Å²) in [5.74, 6) is 1.73. The molecule has 0 radical (unpaired) electrons. The maximum Gasteiger partial charge on any atom is 0.165 e. The van der Waals surface area contributed by atoms with Crippen molar-refractivity contribution >= 4 is 54.6 Å². The van der Waals surface area contributed by atoms with Gasteiger partial charge in [-0.2, -0.15) is 0 Å². The van der Waals surface area contributed by atoms with Crippen molar-refractivity contribution in [3.63, 3.8) is 0 Å². The van der Waals surface area contributed by atoms with Gasteiger partial charge in [-0.3, -0.25) is 0 Å². The van der Waals surface area contributed by atoms with Gasteiger partial charge in [0.05, 0.1) is 0 Å². The summed E-state index contributed by atoms with van der Waals surface area (Å²) in [6, 6.07) is 51.7. The quantitative estimate of drug-likeness (QED) is 0.197. The summed E-state index contributed by atoms with van der Waals surface area (Å²) in [6.07, 6.45) is 0. The molecule has 0 amide bonds. The number of nitrogens with zero attached hydrogens (tertiary/aromatic N) is 3. The Morgan fingerprint density at radius 1 is 0.354 bits per heavy atom. The largest absolute Gasteiger partial charge is 0.456 e. The van der Waals surface area contributed by atoms with E-state index in [1.165, 1.54) is 10.8 Å². The lowest BCUT2D eigenvalue weighted by Crippen LogP contribution is -2.01. The highest BCUT2D eigenvalue weighted by atomic mass is 16.3. The lowest BCUT2D eigenvalue weighted by Gasteiger charge is -2.14. The second kappa shape index (κ2) is 10.5. The predicted molar refractivity (Wildman–Crippen MR) is 194 cm³/mol. The van der Waals surface area contributed by atoms with Crippen LogP contribution in [-0.4, -0.2) is 15.0 Å². The first kappa shape index (κ1) is 26.6. The summed E-state index contributed by atoms with van der Waals surface area (Å²) in [5, 5.41) is 6.47. The summed E-state index contributed by atoms with van der Waals surface area (Å²) < 4.78 is 12.7. The van der Waals surface area contributed by atoms with Crippen LogP contribution >= 0.6 is 0 Å². The van der Waals surface area contributed by atoms with Crippen LogP contribution in [0.5, 0.6) is 0 Å². The number of aromatic nitrogens is 3. The van der Waals surface area contributed by atoms with Crippen LogP contribution in [-0.2, 0) is 0 Å². The number of fused-ring (bicyclic) bond motifs is 7. The lowest BCUT2D eigenvalue weighted by atomic mass is 9.93. The van der Waals surface area contributed by atoms with Crippen molar-refractivity contribution in [1.82, 2.24) is 15.0 Å². The van der Waals surface area contributed by atoms with E-state index in [0.717, 1.165) is 71.7 Å². The van der Waals surface area contributed by atoms with Crippen molar-refractivity contribution in [1.29, 1.82) is 0 Å². The van der Waals surface area contributed by atoms with Gasteiger partial charge in [0.25, 0.3) is 0 Å². The Morgan fingerprint density at radius 3 is 1.83 bits per heavy atom. The van der Waals surface area contributed by atoms with Crippen molar-refractivity contribution in [2.75, 3.05) is 0 Å². The van der Waals surface area contributed by atoms with Gasteiger partial charge in [-0.05, 0) is 64.4 Å². The van der Waals surface area contributed by atoms with Crippen molar-refractivity contribution in [2.45, 2.75) is 0 Å². The fraction of sp³-hybridized carbons (Fsp3) is 0. The molecule has 0 bridgehead atoms. The van der Waals surface area contributed by atoms with Crippen LogP contribution in [0.15, 0.2) is 160 Å². The third kappa shape index (κ3) is 4.22. The fourth-order valence-electron chi connectivity index (χ4n) is 6.84. The summed E-state index contributed by atoms with van der Waals surface area (Å²) >= 11 is 0. The molecule has 10 aromatic rings. The van der Waals surface area contributed by atoms with Crippen LogP contribution in [0.4, 0.5) is 0 Å². The predicted octanol–water partition coefficient (Wildman–Crippen LogP) is 11.5. The molecule has 5 nitrogen and oxygen atoms in total. The number of hydrogen-bond donors (Lipinski definition) is 0. The van der Waals surface area contributed by atoms with Crippen LogP contribution in [0, 0.1) is 0 Å². The first-order chi connectivity index (χ1) is 23.8. The van der Waals surface area contributed by atoms with Gasteiger partial charge in [0.1, 0.15) is 22.3 Å². The van der Waals surface area contributed by atoms with E-state index in [-0.39, 0.29) is 0 Å². The standard InChI is InChI=1S/C43H25N3O2/c1-2-11-27(12-3-1)41-44-42(30-20-21-33-32-14-6-8-16-35(32)48-38(33)25-30)46-43(45-41)40-31(29-19-18-26-10-4-5-13-28(26)24-29)22-23-37-39(40)34-15-7-9-17-36(34)47-37/h1-25H. The van der Waals surface area contributed by atoms with Crippen molar-refractivity contribution < 1.29 is 8.83 Å². The van der Waals surface area contributed by atoms with Crippen LogP contribution in [0.3, 0.4) is 0 Å². The van der Waals surface area contributed by atoms with Gasteiger partial charge in [-0.1, -0.05) is 109 Å². The number of para-hydroxylation sites is 2. The Kier molecular flexibility index (Phi) is 5.81. The molecule has 224 valence electrons. The highest BCUT2D eigenvalue weighted by molar-refractivity contribution is 6.15. The maximum absolute atomic E-state index is 6.40. The average molecular weight is 616 g/mol. The smallest absolute Gasteiger partial charge is 0.165 e. The zero-order valence-electron chi connectivity index (χ0n) is 25.6. The summed E-state index contributed by atoms with van der Waals surface area (Å²) in [5.41, 5.74) is 7.98. The molecule has 0 spiro atoms. The van der Waals surface area contributed by atoms with Crippen LogP contribution < -0.4 is 0 Å². The van der Waals surface area contributed by atoms with Crippen LogP contribution in [0.25, 0.3) is 99.9 Å². The summed E-state index contributed by atoms with van der Waals surface area (Å²) in [6.45, 7) is 0. The molecule has 0 aliphatic heterocycles. The SMILES string of the molecule is c1ccc(-c2nc(-c3ccc4c(c3)oc3ccccc34)nc(-c3c(-c4ccc5ccccc5c4)ccc4oc5ccccc5c34)n2)cc1. The van der Waals surface area contributed by atoms with Gasteiger partial charge in [0.15, 0.2) is 17.5 Å². The van der Waals surface area contributed by atoms with Gasteiger partial charge in [-0.25, -0.2) is 15.0 Å². The normalized spacial score (nSPS) is 11.8. The van der Waals surface area contributed by atoms with Crippen molar-refractivity contribution in [2.24, 2.45) is 0 Å². The molecule has 0 atom stereocenters. The van der Waals surface area contributed by atoms with E-state index in [9.17, 15) is 0 Å². The second-order valence-corrected chi connectivity index (χ2v) is 12.0. The molecule has 5 heteroatoms. The topological polar surface area (TPSA) is 65.0 Å². The second-order valence-electron chi connectivity index (χ2n) is 12.0. The Balaban J connectivity index is 1.28. The van der Waals surface area contributed by atoms with E-state index in [1.807, 2.05) is 72.8 Å². The number of rotatable bonds is 4. The van der Waals surface area contributed by atoms with E-state index < -0.39 is 0 Å². The Morgan fingerprint density at radius 2 is 0.979 bits per heavy atom. The van der Waals surface area contributed by atoms with Crippen molar-refractivity contribution in [3.05, 3.63) is 152 Å². The molecule has 0 unspecified atom stereocenters. The molecule has 3 aromatic heterocycles. The van der Waals surface area contributed by atoms with Crippen LogP contribution in [0.2, 0.25) is 0 Å². The number of furan rings is 2. The number of hydrogen-bond acceptors (Lipinski definition) is 5. The van der Waals surface area contributed by atoms with Gasteiger partial charge in [-0.15, -0.1) is 0 Å². The molecule has 0 N–H and O–H groups in total. The van der Waals surface area contributed by atoms with E-state index in [1.54, 1.807) is 0 Å². The zero-order chi connectivity index (χ0) is 31.6. The van der Waals surface area contributed by atoms with Gasteiger partial charge in [0, 0.05) is 38.2 Å². The molecule has 7 aromatic carbocycles. The summed E-state index contributed by atoms with van der Waals surface area (Å²) in [7, 11) is 0. The number of benzene rings is 7. The third-order valence-corrected chi connectivity index (χ3v) is 9.13. The molecule has 0 aliphatic carbocycles. The molecule has 10 rings (SSSR count). The van der Waals surface area contributed by atoms with E-state index >= 15 is 0 Å². The fourth-order valence-corrected chi connectivity index (χ4v) is 6.84. The molecular weight excluding hydrogens is 590 g/mol. The molecule has 0 fully saturated rings. The zero-order valence-corrected chi connectivity index (χ0v) is 25.6. The van der Waals surface area contributed by atoms with E-state index in [2.05, 4.69) is 78.9 Å². The van der Waals surface area contributed by atoms with E-state index in [0.29, 0.717) is 17.5 Å². The molecule has 3 heterocycles. The Hall–Kier alpha value is -6.59. The van der Waals surface area contributed by atoms with Gasteiger partial charge >= 0.3 is 0 Å². The Labute approximate surface area is 274 Å². The average Bonchev–Trinajstić information content (AvgIpc) is 3.72. The molecular formula is C43H25N3O2. The van der Waals surface area contributed by atoms with Gasteiger partial charge in [0.2, 0.25) is 0 Å². The molecule has 0 aliphatic rings. The minimum Gasteiger partial charge on any atom is -0.456 e.